The van der Waals surface area contributed by atoms with Gasteiger partial charge in [-0.25, -0.2) is 18.1 Å². The fourth-order valence-corrected chi connectivity index (χ4v) is 5.69. The molecular formula is C18H15N3O2S3. The molecule has 0 aliphatic heterocycles. The van der Waals surface area contributed by atoms with Gasteiger partial charge in [-0.15, -0.1) is 22.7 Å². The molecule has 8 heteroatoms. The Hall–Kier alpha value is -2.13. The Morgan fingerprint density at radius 3 is 2.77 bits per heavy atom. The van der Waals surface area contributed by atoms with Gasteiger partial charge < -0.3 is 0 Å². The van der Waals surface area contributed by atoms with E-state index in [0.717, 1.165) is 25.8 Å². The van der Waals surface area contributed by atoms with Crippen molar-refractivity contribution in [1.29, 1.82) is 0 Å². The van der Waals surface area contributed by atoms with Crippen molar-refractivity contribution in [3.05, 3.63) is 64.6 Å². The first-order valence-corrected chi connectivity index (χ1v) is 11.1. The second-order valence-electron chi connectivity index (χ2n) is 5.66. The van der Waals surface area contributed by atoms with Crippen molar-refractivity contribution >= 4 is 43.6 Å². The highest BCUT2D eigenvalue weighted by atomic mass is 32.2. The van der Waals surface area contributed by atoms with E-state index in [1.54, 1.807) is 35.7 Å². The fraction of sp³-hybridized carbons (Fsp3) is 0.111. The van der Waals surface area contributed by atoms with E-state index in [1.165, 1.54) is 11.3 Å². The largest absolute Gasteiger partial charge is 0.255 e. The van der Waals surface area contributed by atoms with Gasteiger partial charge in [0.15, 0.2) is 0 Å². The van der Waals surface area contributed by atoms with E-state index in [4.69, 9.17) is 0 Å². The number of nitrogens with zero attached hydrogens (tertiary/aromatic N) is 2. The maximum atomic E-state index is 12.8. The van der Waals surface area contributed by atoms with Crippen LogP contribution in [0.5, 0.6) is 0 Å². The minimum absolute atomic E-state index is 0.191. The van der Waals surface area contributed by atoms with E-state index in [1.807, 2.05) is 36.6 Å². The van der Waals surface area contributed by atoms with Gasteiger partial charge in [-0.05, 0) is 30.5 Å². The zero-order chi connectivity index (χ0) is 18.1. The van der Waals surface area contributed by atoms with Crippen LogP contribution in [-0.2, 0) is 16.6 Å². The van der Waals surface area contributed by atoms with E-state index in [-0.39, 0.29) is 11.4 Å². The highest BCUT2D eigenvalue weighted by Crippen LogP contribution is 2.31. The number of hydrogen-bond acceptors (Lipinski definition) is 6. The van der Waals surface area contributed by atoms with Gasteiger partial charge in [-0.1, -0.05) is 24.3 Å². The standard InChI is InChI=1S/C18H15N3O2S3/c1-12-15(25-18(21-12)14-7-4-10-24-14)11-20-26(22,23)16-8-2-5-13-6-3-9-19-17(13)16/h2-10,20H,11H2,1H3. The van der Waals surface area contributed by atoms with Crippen LogP contribution >= 0.6 is 22.7 Å². The maximum Gasteiger partial charge on any atom is 0.243 e. The molecule has 4 aromatic rings. The van der Waals surface area contributed by atoms with Crippen LogP contribution in [0.4, 0.5) is 0 Å². The molecule has 0 amide bonds. The predicted molar refractivity (Wildman–Crippen MR) is 106 cm³/mol. The molecule has 0 bridgehead atoms. The molecule has 3 aromatic heterocycles. The first-order chi connectivity index (χ1) is 12.5. The maximum absolute atomic E-state index is 12.8. The summed E-state index contributed by atoms with van der Waals surface area (Å²) in [5.74, 6) is 0. The Morgan fingerprint density at radius 2 is 1.96 bits per heavy atom. The van der Waals surface area contributed by atoms with Gasteiger partial charge in [-0.2, -0.15) is 0 Å². The number of aryl methyl sites for hydroxylation is 1. The number of nitrogens with one attached hydrogen (secondary N) is 1. The Labute approximate surface area is 159 Å². The van der Waals surface area contributed by atoms with E-state index in [0.29, 0.717) is 5.52 Å². The van der Waals surface area contributed by atoms with Crippen LogP contribution in [0.3, 0.4) is 0 Å². The molecule has 0 atom stereocenters. The molecule has 5 nitrogen and oxygen atoms in total. The molecule has 0 saturated carbocycles. The summed E-state index contributed by atoms with van der Waals surface area (Å²) in [6.45, 7) is 2.11. The van der Waals surface area contributed by atoms with Gasteiger partial charge in [0.2, 0.25) is 10.0 Å². The normalized spacial score (nSPS) is 11.9. The van der Waals surface area contributed by atoms with Crippen molar-refractivity contribution in [3.8, 4) is 9.88 Å². The van der Waals surface area contributed by atoms with E-state index < -0.39 is 10.0 Å². The van der Waals surface area contributed by atoms with Crippen molar-refractivity contribution in [3.63, 3.8) is 0 Å². The number of hydrogen-bond donors (Lipinski definition) is 1. The zero-order valence-electron chi connectivity index (χ0n) is 13.8. The number of para-hydroxylation sites is 1. The summed E-state index contributed by atoms with van der Waals surface area (Å²) in [4.78, 5) is 11.0. The van der Waals surface area contributed by atoms with Crippen LogP contribution in [0.1, 0.15) is 10.6 Å². The molecule has 0 aliphatic carbocycles. The number of fused-ring (bicyclic) bond motifs is 1. The summed E-state index contributed by atoms with van der Waals surface area (Å²) in [5, 5.41) is 3.71. The second-order valence-corrected chi connectivity index (χ2v) is 9.43. The van der Waals surface area contributed by atoms with Crippen LogP contribution < -0.4 is 4.72 Å². The molecule has 0 radical (unpaired) electrons. The molecule has 26 heavy (non-hydrogen) atoms. The number of pyridine rings is 1. The Balaban J connectivity index is 1.61. The first kappa shape index (κ1) is 17.3. The highest BCUT2D eigenvalue weighted by molar-refractivity contribution is 7.89. The minimum atomic E-state index is -3.68. The predicted octanol–water partition coefficient (Wildman–Crippen LogP) is 4.21. The quantitative estimate of drug-likeness (QED) is 0.544. The van der Waals surface area contributed by atoms with Gasteiger partial charge in [0.1, 0.15) is 9.90 Å². The van der Waals surface area contributed by atoms with Crippen molar-refractivity contribution < 1.29 is 8.42 Å². The molecule has 132 valence electrons. The number of sulfonamides is 1. The van der Waals surface area contributed by atoms with E-state index in [2.05, 4.69) is 14.7 Å². The van der Waals surface area contributed by atoms with Crippen LogP contribution in [0.2, 0.25) is 0 Å². The monoisotopic (exact) mass is 401 g/mol. The second kappa shape index (κ2) is 6.88. The van der Waals surface area contributed by atoms with Crippen molar-refractivity contribution in [2.24, 2.45) is 0 Å². The summed E-state index contributed by atoms with van der Waals surface area (Å²) in [7, 11) is -3.68. The topological polar surface area (TPSA) is 72.0 Å². The van der Waals surface area contributed by atoms with Gasteiger partial charge in [0, 0.05) is 23.0 Å². The average molecular weight is 402 g/mol. The lowest BCUT2D eigenvalue weighted by atomic mass is 10.2. The third-order valence-corrected chi connectivity index (χ3v) is 7.56. The highest BCUT2D eigenvalue weighted by Gasteiger charge is 2.19. The lowest BCUT2D eigenvalue weighted by Crippen LogP contribution is -2.23. The van der Waals surface area contributed by atoms with E-state index in [9.17, 15) is 8.42 Å². The summed E-state index contributed by atoms with van der Waals surface area (Å²) in [6.07, 6.45) is 1.60. The van der Waals surface area contributed by atoms with Gasteiger partial charge in [0.05, 0.1) is 16.1 Å². The van der Waals surface area contributed by atoms with Crippen molar-refractivity contribution in [2.75, 3.05) is 0 Å². The summed E-state index contributed by atoms with van der Waals surface area (Å²) >= 11 is 3.13. The minimum Gasteiger partial charge on any atom is -0.255 e. The third kappa shape index (κ3) is 3.28. The molecule has 4 rings (SSSR count). The summed E-state index contributed by atoms with van der Waals surface area (Å²) in [6, 6.07) is 12.8. The first-order valence-electron chi connectivity index (χ1n) is 7.88. The molecule has 1 aromatic carbocycles. The number of thiophene rings is 1. The molecular weight excluding hydrogens is 386 g/mol. The molecule has 0 saturated heterocycles. The van der Waals surface area contributed by atoms with Crippen LogP contribution in [-0.4, -0.2) is 18.4 Å². The number of benzene rings is 1. The van der Waals surface area contributed by atoms with Crippen molar-refractivity contribution in [1.82, 2.24) is 14.7 Å². The SMILES string of the molecule is Cc1nc(-c2cccs2)sc1CNS(=O)(=O)c1cccc2cccnc12. The number of thiazole rings is 1. The fourth-order valence-electron chi connectivity index (χ4n) is 2.63. The number of rotatable bonds is 5. The molecule has 3 heterocycles. The molecule has 1 N–H and O–H groups in total. The van der Waals surface area contributed by atoms with Gasteiger partial charge in [-0.3, -0.25) is 4.98 Å². The third-order valence-electron chi connectivity index (χ3n) is 3.93. The van der Waals surface area contributed by atoms with Crippen molar-refractivity contribution in [2.45, 2.75) is 18.4 Å². The van der Waals surface area contributed by atoms with Crippen LogP contribution in [0.15, 0.2) is 58.9 Å². The lowest BCUT2D eigenvalue weighted by molar-refractivity contribution is 0.582. The molecule has 0 unspecified atom stereocenters. The number of aromatic nitrogens is 2. The molecule has 0 spiro atoms. The van der Waals surface area contributed by atoms with Gasteiger partial charge >= 0.3 is 0 Å². The van der Waals surface area contributed by atoms with E-state index >= 15 is 0 Å². The van der Waals surface area contributed by atoms with Crippen LogP contribution in [0.25, 0.3) is 20.8 Å². The Morgan fingerprint density at radius 1 is 1.12 bits per heavy atom. The molecule has 0 fully saturated rings. The van der Waals surface area contributed by atoms with Gasteiger partial charge in [0.25, 0.3) is 0 Å². The zero-order valence-corrected chi connectivity index (χ0v) is 16.3. The Kier molecular flexibility index (Phi) is 4.58. The lowest BCUT2D eigenvalue weighted by Gasteiger charge is -2.08. The summed E-state index contributed by atoms with van der Waals surface area (Å²) < 4.78 is 28.3. The summed E-state index contributed by atoms with van der Waals surface area (Å²) in [5.41, 5.74) is 1.32. The Bertz CT molecular complexity index is 1160. The average Bonchev–Trinajstić information content (AvgIpc) is 3.29. The van der Waals surface area contributed by atoms with Crippen LogP contribution in [0, 0.1) is 6.92 Å². The smallest absolute Gasteiger partial charge is 0.243 e. The molecule has 0 aliphatic rings.